The van der Waals surface area contributed by atoms with Crippen LogP contribution >= 0.6 is 11.8 Å². The zero-order valence-electron chi connectivity index (χ0n) is 12.1. The second kappa shape index (κ2) is 6.99. The molecule has 1 atom stereocenters. The summed E-state index contributed by atoms with van der Waals surface area (Å²) in [6, 6.07) is 9.17. The lowest BCUT2D eigenvalue weighted by Gasteiger charge is -2.33. The largest absolute Gasteiger partial charge is 0.351 e. The Kier molecular flexibility index (Phi) is 5.31. The van der Waals surface area contributed by atoms with E-state index in [1.54, 1.807) is 16.7 Å². The van der Waals surface area contributed by atoms with E-state index in [1.807, 2.05) is 0 Å². The minimum absolute atomic E-state index is 0.302. The molecule has 1 saturated heterocycles. The van der Waals surface area contributed by atoms with E-state index in [-0.39, 0.29) is 6.03 Å². The molecule has 0 spiro atoms. The van der Waals surface area contributed by atoms with Gasteiger partial charge in [0.15, 0.2) is 0 Å². The molecule has 1 heterocycles. The van der Waals surface area contributed by atoms with Crippen LogP contribution < -0.4 is 11.1 Å². The molecule has 3 N–H and O–H groups in total. The van der Waals surface area contributed by atoms with Crippen molar-refractivity contribution in [1.29, 1.82) is 0 Å². The first-order valence-corrected chi connectivity index (χ1v) is 8.27. The van der Waals surface area contributed by atoms with Crippen molar-refractivity contribution in [2.24, 2.45) is 5.73 Å². The highest BCUT2D eigenvalue weighted by atomic mass is 32.2. The summed E-state index contributed by atoms with van der Waals surface area (Å²) in [6.07, 6.45) is 4.02. The maximum absolute atomic E-state index is 11.1. The van der Waals surface area contributed by atoms with Crippen molar-refractivity contribution in [2.45, 2.75) is 36.7 Å². The fourth-order valence-corrected chi connectivity index (χ4v) is 3.02. The number of carbonyl (C=O) groups excluding carboxylic acids is 1. The highest BCUT2D eigenvalue weighted by Gasteiger charge is 2.22. The number of piperidine rings is 1. The first kappa shape index (κ1) is 15.2. The maximum atomic E-state index is 11.1. The summed E-state index contributed by atoms with van der Waals surface area (Å²) in [5.41, 5.74) is 6.60. The van der Waals surface area contributed by atoms with Crippen LogP contribution in [0.1, 0.15) is 31.4 Å². The third-order valence-corrected chi connectivity index (χ3v) is 4.65. The van der Waals surface area contributed by atoms with Crippen LogP contribution in [0.15, 0.2) is 29.2 Å². The Labute approximate surface area is 125 Å². The second-order valence-electron chi connectivity index (χ2n) is 5.26. The molecule has 1 aliphatic rings. The molecule has 1 aliphatic heterocycles. The normalized spacial score (nSPS) is 18.0. The van der Waals surface area contributed by atoms with Crippen molar-refractivity contribution in [1.82, 2.24) is 10.2 Å². The number of hydrogen-bond donors (Lipinski definition) is 2. The molecular formula is C15H23N3OS. The molecule has 5 heteroatoms. The van der Waals surface area contributed by atoms with Gasteiger partial charge in [0.2, 0.25) is 0 Å². The first-order chi connectivity index (χ1) is 9.60. The van der Waals surface area contributed by atoms with E-state index in [2.05, 4.69) is 42.8 Å². The number of carbonyl (C=O) groups is 1. The summed E-state index contributed by atoms with van der Waals surface area (Å²) in [7, 11) is 0. The molecule has 20 heavy (non-hydrogen) atoms. The van der Waals surface area contributed by atoms with Crippen molar-refractivity contribution >= 4 is 17.8 Å². The topological polar surface area (TPSA) is 58.4 Å². The molecule has 1 fully saturated rings. The van der Waals surface area contributed by atoms with Gasteiger partial charge in [0, 0.05) is 30.1 Å². The highest BCUT2D eigenvalue weighted by Crippen LogP contribution is 2.20. The number of nitrogens with two attached hydrogens (primary N) is 1. The number of nitrogens with zero attached hydrogens (tertiary/aromatic N) is 1. The molecule has 1 aromatic carbocycles. The third-order valence-electron chi connectivity index (χ3n) is 3.91. The molecule has 0 radical (unpaired) electrons. The minimum atomic E-state index is -0.302. The number of hydrogen-bond acceptors (Lipinski definition) is 3. The zero-order chi connectivity index (χ0) is 14.5. The van der Waals surface area contributed by atoms with Gasteiger partial charge < -0.3 is 16.0 Å². The van der Waals surface area contributed by atoms with Gasteiger partial charge >= 0.3 is 6.03 Å². The molecule has 0 bridgehead atoms. The Bertz CT molecular complexity index is 441. The molecule has 2 rings (SSSR count). The van der Waals surface area contributed by atoms with Crippen LogP contribution in [-0.4, -0.2) is 36.3 Å². The van der Waals surface area contributed by atoms with E-state index in [0.29, 0.717) is 12.1 Å². The van der Waals surface area contributed by atoms with E-state index in [9.17, 15) is 4.79 Å². The van der Waals surface area contributed by atoms with Gasteiger partial charge in [-0.25, -0.2) is 4.79 Å². The summed E-state index contributed by atoms with van der Waals surface area (Å²) in [5.74, 6) is 0. The Balaban J connectivity index is 1.85. The number of likely N-dealkylation sites (tertiary alicyclic amines) is 1. The van der Waals surface area contributed by atoms with Crippen molar-refractivity contribution in [3.63, 3.8) is 0 Å². The van der Waals surface area contributed by atoms with Crippen molar-refractivity contribution < 1.29 is 4.79 Å². The maximum Gasteiger partial charge on any atom is 0.314 e. The van der Waals surface area contributed by atoms with Gasteiger partial charge in [0.25, 0.3) is 0 Å². The van der Waals surface area contributed by atoms with Crippen LogP contribution in [0.3, 0.4) is 0 Å². The van der Waals surface area contributed by atoms with Crippen molar-refractivity contribution in [2.75, 3.05) is 19.3 Å². The smallest absolute Gasteiger partial charge is 0.314 e. The highest BCUT2D eigenvalue weighted by molar-refractivity contribution is 7.98. The first-order valence-electron chi connectivity index (χ1n) is 7.04. The summed E-state index contributed by atoms with van der Waals surface area (Å²) in [5, 5.41) is 3.65. The van der Waals surface area contributed by atoms with Gasteiger partial charge in [-0.1, -0.05) is 12.1 Å². The molecule has 1 aromatic rings. The van der Waals surface area contributed by atoms with E-state index in [0.717, 1.165) is 25.9 Å². The van der Waals surface area contributed by atoms with Gasteiger partial charge in [0.1, 0.15) is 0 Å². The summed E-state index contributed by atoms with van der Waals surface area (Å²) < 4.78 is 0. The van der Waals surface area contributed by atoms with E-state index < -0.39 is 0 Å². The number of amides is 2. The molecule has 1 unspecified atom stereocenters. The number of rotatable bonds is 4. The van der Waals surface area contributed by atoms with Gasteiger partial charge in [-0.3, -0.25) is 0 Å². The van der Waals surface area contributed by atoms with Gasteiger partial charge in [-0.15, -0.1) is 11.8 Å². The molecular weight excluding hydrogens is 270 g/mol. The van der Waals surface area contributed by atoms with Gasteiger partial charge in [0.05, 0.1) is 0 Å². The SMILES string of the molecule is CSc1ccc(C(C)NC2CCN(C(N)=O)CC2)cc1. The third kappa shape index (κ3) is 3.90. The Morgan fingerprint density at radius 1 is 1.35 bits per heavy atom. The summed E-state index contributed by atoms with van der Waals surface area (Å²) in [4.78, 5) is 14.1. The predicted octanol–water partition coefficient (Wildman–Crippen LogP) is 2.60. The number of thioether (sulfide) groups is 1. The number of nitrogens with one attached hydrogen (secondary N) is 1. The lowest BCUT2D eigenvalue weighted by atomic mass is 10.0. The van der Waals surface area contributed by atoms with Gasteiger partial charge in [-0.2, -0.15) is 0 Å². The Morgan fingerprint density at radius 2 is 1.95 bits per heavy atom. The average molecular weight is 293 g/mol. The minimum Gasteiger partial charge on any atom is -0.351 e. The van der Waals surface area contributed by atoms with Crippen LogP contribution in [0.5, 0.6) is 0 Å². The van der Waals surface area contributed by atoms with E-state index in [4.69, 9.17) is 5.73 Å². The lowest BCUT2D eigenvalue weighted by molar-refractivity contribution is 0.183. The summed E-state index contributed by atoms with van der Waals surface area (Å²) in [6.45, 7) is 3.70. The number of primary amides is 1. The Morgan fingerprint density at radius 3 is 2.45 bits per heavy atom. The molecule has 0 aromatic heterocycles. The van der Waals surface area contributed by atoms with E-state index >= 15 is 0 Å². The van der Waals surface area contributed by atoms with Crippen LogP contribution in [-0.2, 0) is 0 Å². The van der Waals surface area contributed by atoms with Crippen LogP contribution in [0.4, 0.5) is 4.79 Å². The predicted molar refractivity (Wildman–Crippen MR) is 84.0 cm³/mol. The van der Waals surface area contributed by atoms with Crippen LogP contribution in [0.25, 0.3) is 0 Å². The molecule has 4 nitrogen and oxygen atoms in total. The number of urea groups is 1. The molecule has 0 aliphatic carbocycles. The van der Waals surface area contributed by atoms with Crippen molar-refractivity contribution in [3.05, 3.63) is 29.8 Å². The zero-order valence-corrected chi connectivity index (χ0v) is 13.0. The lowest BCUT2D eigenvalue weighted by Crippen LogP contribution is -2.47. The average Bonchev–Trinajstić information content (AvgIpc) is 2.48. The van der Waals surface area contributed by atoms with Crippen LogP contribution in [0.2, 0.25) is 0 Å². The number of benzene rings is 1. The fourth-order valence-electron chi connectivity index (χ4n) is 2.61. The van der Waals surface area contributed by atoms with Crippen LogP contribution in [0, 0.1) is 0 Å². The summed E-state index contributed by atoms with van der Waals surface area (Å²) >= 11 is 1.76. The van der Waals surface area contributed by atoms with Gasteiger partial charge in [-0.05, 0) is 43.7 Å². The monoisotopic (exact) mass is 293 g/mol. The molecule has 110 valence electrons. The van der Waals surface area contributed by atoms with E-state index in [1.165, 1.54) is 10.5 Å². The standard InChI is InChI=1S/C15H23N3OS/c1-11(12-3-5-14(20-2)6-4-12)17-13-7-9-18(10-8-13)15(16)19/h3-6,11,13,17H,7-10H2,1-2H3,(H2,16,19). The van der Waals surface area contributed by atoms with Crippen molar-refractivity contribution in [3.8, 4) is 0 Å². The fraction of sp³-hybridized carbons (Fsp3) is 0.533. The molecule has 2 amide bonds. The Hall–Kier alpha value is -1.20. The quantitative estimate of drug-likeness (QED) is 0.839. The molecule has 0 saturated carbocycles. The second-order valence-corrected chi connectivity index (χ2v) is 6.14.